The zero-order valence-corrected chi connectivity index (χ0v) is 68.5. The number of halogens is 8. The Hall–Kier alpha value is -7.66. The number of carboxylic acid groups (broad SMARTS) is 1. The Kier molecular flexibility index (Phi) is 50.3. The van der Waals surface area contributed by atoms with Crippen molar-refractivity contribution in [1.82, 2.24) is 74.5 Å². The second-order valence-electron chi connectivity index (χ2n) is 17.0. The van der Waals surface area contributed by atoms with Crippen LogP contribution in [0.2, 0.25) is 0 Å². The van der Waals surface area contributed by atoms with Crippen molar-refractivity contribution in [3.05, 3.63) is 23.6 Å². The number of carbonyl (C=O) groups is 14. The molecule has 0 aliphatic carbocycles. The number of hydrogen-bond donors (Lipinski definition) is 18. The Labute approximate surface area is 790 Å². The highest BCUT2D eigenvalue weighted by Gasteiger charge is 2.30. The van der Waals surface area contributed by atoms with Crippen LogP contribution < -0.4 is 76.4 Å². The maximum Gasteiger partial charge on any atom is 0.561 e. The van der Waals surface area contributed by atoms with Gasteiger partial charge in [0, 0.05) is 169 Å². The number of nitriles is 1. The number of amidine groups is 1. The molecule has 8 amide bonds. The van der Waals surface area contributed by atoms with Crippen LogP contribution >= 0.6 is 112 Å². The standard InChI is InChI=1S/2C7H14N2O3.C6H12N4O.C5H12N2O2.C4H7ClN2O2.2C4H5ClN2O.2C4H6O3.C2H2Cl2O.C2H8N2.C2H3N.C2H4O2.2CH4O.2CH4.Cl3OP.H2O5P2/c2*1-5(10)8-9-6(11)12-7(2,3)4;1-5(11)9-10-6-4-7-2-3-8-6;1-5(2,3)9-4(8)7-6;1-3(8)6-7-4(9)2-5;2*1-3-6-7-4(2-5)8-3;2*1-3(5)7-4(2)6;3-1-2(4)5;3-1-2-4;1-2-3;1-2(3)4;2*1-2;;;1-5(2,3)4;1-6(2)7(3,4)5/h2*1-4H3,(H,8,10)(H,9,11);7H,2-4H2,1H3,(H,8,10)(H,9,11);6H2,1-3H3,(H,7,8);2H2,1H3,(H,6,8)(H,7,9);2*2H2,1H3;2*1-2H3;1H2;1-4H2;1H3;1H3,(H,3,4);2*2H,1H3;2*1H4;;(H2,3,4,5)/i2*1D3;1D3,2D2,3D2,4D2;;3*1D3,2D2;2*1D3,2D3;1D2;1D2,2D2;;1D3;;;;;;. The van der Waals surface area contributed by atoms with E-state index in [0.29, 0.717) is 0 Å². The molecule has 0 bridgehead atoms. The lowest BCUT2D eigenvalue weighted by molar-refractivity contribution is -0.160. The molecule has 2 aromatic heterocycles. The minimum Gasteiger partial charge on any atom is -0.588 e. The summed E-state index contributed by atoms with van der Waals surface area (Å²) in [5, 5.41) is 39.0. The first-order chi connectivity index (χ1) is 71.7. The van der Waals surface area contributed by atoms with Gasteiger partial charge in [-0.15, -0.1) is 66.8 Å². The van der Waals surface area contributed by atoms with E-state index in [-0.39, 0.29) is 14.9 Å². The average Bonchev–Trinajstić information content (AvgIpc) is 0.813. The Morgan fingerprint density at radius 2 is 0.897 bits per heavy atom. The van der Waals surface area contributed by atoms with Crippen molar-refractivity contribution in [2.24, 2.45) is 22.3 Å². The van der Waals surface area contributed by atoms with Crippen LogP contribution in [0.3, 0.4) is 0 Å². The van der Waals surface area contributed by atoms with Crippen LogP contribution in [0, 0.1) is 25.0 Å². The third-order valence-electron chi connectivity index (χ3n) is 4.76. The number of esters is 4. The van der Waals surface area contributed by atoms with E-state index in [1.165, 1.54) is 17.8 Å². The fraction of sp³-hybridized carbons (Fsp3) is 0.649. The van der Waals surface area contributed by atoms with E-state index in [9.17, 15) is 85.7 Å². The van der Waals surface area contributed by atoms with Crippen LogP contribution in [-0.4, -0.2) is 209 Å². The van der Waals surface area contributed by atoms with Crippen molar-refractivity contribution < 1.29 is 213 Å². The summed E-state index contributed by atoms with van der Waals surface area (Å²) in [5.41, 5.74) is 22.9. The number of aromatic nitrogens is 4. The number of nitrogens with zero attached hydrogens (tertiary/aromatic N) is 6. The summed E-state index contributed by atoms with van der Waals surface area (Å²) in [6.45, 7) is -28.5. The largest absolute Gasteiger partial charge is 0.588 e. The molecule has 0 aromatic carbocycles. The van der Waals surface area contributed by atoms with E-state index in [2.05, 4.69) is 100 Å². The van der Waals surface area contributed by atoms with Crippen molar-refractivity contribution in [2.45, 2.75) is 188 Å². The van der Waals surface area contributed by atoms with Gasteiger partial charge in [0.25, 0.3) is 11.9 Å². The fourth-order valence-corrected chi connectivity index (χ4v) is 2.56. The maximum atomic E-state index is 11.1. The van der Waals surface area contributed by atoms with Gasteiger partial charge in [-0.25, -0.2) is 35.6 Å². The zero-order chi connectivity index (χ0) is 138. The molecule has 3 rings (SSSR count). The second-order valence-corrected chi connectivity index (χ2v) is 28.8. The molecular formula is C57H116Cl8N19O30P3. The van der Waals surface area contributed by atoms with Crippen LogP contribution in [0.25, 0.3) is 0 Å². The highest BCUT2D eigenvalue weighted by Crippen LogP contribution is 2.61. The smallest absolute Gasteiger partial charge is 0.561 e. The molecule has 1 aliphatic rings. The number of carbonyl (C=O) groups excluding carboxylic acids is 13. The number of alkyl halides is 4. The van der Waals surface area contributed by atoms with E-state index in [4.69, 9.17) is 167 Å². The number of nitrogens with one attached hydrogen (secondary N) is 10. The van der Waals surface area contributed by atoms with Gasteiger partial charge in [-0.2, -0.15) is 5.26 Å². The van der Waals surface area contributed by atoms with Gasteiger partial charge in [-0.3, -0.25) is 110 Å². The van der Waals surface area contributed by atoms with Crippen molar-refractivity contribution in [1.29, 1.82) is 5.26 Å². The van der Waals surface area contributed by atoms with Gasteiger partial charge in [-0.1, -0.05) is 19.4 Å². The number of carboxylic acids is 1. The number of rotatable bonds is 6. The van der Waals surface area contributed by atoms with Crippen LogP contribution in [0.15, 0.2) is 13.8 Å². The molecule has 2 aromatic rings. The summed E-state index contributed by atoms with van der Waals surface area (Å²) in [5.74, 6) is -24.0. The summed E-state index contributed by atoms with van der Waals surface area (Å²) < 4.78 is 400. The lowest BCUT2D eigenvalue weighted by atomic mass is 10.2. The molecule has 0 radical (unpaired) electrons. The number of hydrogen-bond acceptors (Lipinski definition) is 38. The summed E-state index contributed by atoms with van der Waals surface area (Å²) >= 11 is 38.4. The molecule has 1 atom stereocenters. The highest BCUT2D eigenvalue weighted by atomic mass is 36.0. The first kappa shape index (κ1) is 61.6. The molecule has 690 valence electrons. The van der Waals surface area contributed by atoms with Gasteiger partial charge in [-0.05, 0) is 108 Å². The Balaban J connectivity index is -0.000000106. The molecular weight excluding hydrogens is 1810 g/mol. The van der Waals surface area contributed by atoms with Crippen LogP contribution in [0.1, 0.15) is 239 Å². The third-order valence-corrected chi connectivity index (χ3v) is 7.32. The molecule has 117 heavy (non-hydrogen) atoms. The van der Waals surface area contributed by atoms with E-state index in [1.807, 2.05) is 21.7 Å². The SMILES string of the molecule is C.C.CC#N.CC(C)(C)OC(=O)NN.CO.CO.O=P(Cl)(Cl)Cl.O=[P+]([O-])P(=O)(O)O.[2H]C([2H])(Cl)C(=O)Cl.[2H]C([2H])(N)C([2H])([2H])N.[2H]C([2H])([2H])C(=O)NNC(=O)C([2H])([2H])Cl.[2H]C([2H])([2H])C(=O)NNC(=O)OC(C)(C)C.[2H]C([2H])([2H])C(=O)NNC(=O)OC(C)(C)C.[2H]C([2H])([2H])C(=O)NNC1=NC([2H])([2H])C([2H])([2H])NC1([2H])[2H].[2H]C([2H])([2H])C(=O)O.[2H]C([2H])([2H])C(=O)OC(=O)C([2H])([2H])[2H].[2H]C([2H])([2H])C(=O)OC(=O)C([2H])([2H])[2H].[2H]C([2H])([2H])c1nnc(C([2H])([2H])Cl)o1.[2H]C([2H])([2H])c1nnc(C([2H])([2H])Cl)o1. The normalized spacial score (nSPS) is 19.4. The van der Waals surface area contributed by atoms with E-state index in [0.717, 1.165) is 14.2 Å². The molecule has 60 heteroatoms. The molecule has 1 unspecified atom stereocenters. The highest BCUT2D eigenvalue weighted by molar-refractivity contribution is 8.24. The summed E-state index contributed by atoms with van der Waals surface area (Å²) in [4.78, 5) is 175. The molecule has 0 spiro atoms. The Bertz CT molecular complexity index is 4930. The number of aryl methyl sites for hydroxylation is 2. The van der Waals surface area contributed by atoms with Gasteiger partial charge >= 0.3 is 62.4 Å². The minimum absolute atomic E-state index is 0. The van der Waals surface area contributed by atoms with Gasteiger partial charge in [0.15, 0.2) is 0 Å². The number of ether oxygens (including phenoxy) is 5. The molecule has 21 N–H and O–H groups in total. The van der Waals surface area contributed by atoms with Crippen molar-refractivity contribution >= 4 is 201 Å². The monoisotopic (exact) mass is 1970 g/mol. The third kappa shape index (κ3) is 200. The second kappa shape index (κ2) is 95.5. The van der Waals surface area contributed by atoms with Gasteiger partial charge in [0.2, 0.25) is 52.4 Å². The van der Waals surface area contributed by atoms with Gasteiger partial charge < -0.3 is 69.5 Å². The molecule has 1 aliphatic heterocycles. The van der Waals surface area contributed by atoms with Crippen molar-refractivity contribution in [3.8, 4) is 6.07 Å². The molecule has 0 saturated heterocycles. The molecule has 0 saturated carbocycles. The molecule has 49 nitrogen and oxygen atoms in total. The minimum atomic E-state index is -4.78. The van der Waals surface area contributed by atoms with Crippen LogP contribution in [-0.2, 0) is 102 Å². The maximum absolute atomic E-state index is 11.1. The average molecular weight is 1980 g/mol. The predicted molar refractivity (Wildman–Crippen MR) is 436 cm³/mol. The van der Waals surface area contributed by atoms with E-state index < -0.39 is 280 Å². The quantitative estimate of drug-likeness (QED) is 0.0209. The molecule has 3 heterocycles. The van der Waals surface area contributed by atoms with E-state index >= 15 is 0 Å². The number of aliphatic hydroxyl groups excluding tert-OH is 2. The Morgan fingerprint density at radius 3 is 1.09 bits per heavy atom. The predicted octanol–water partition coefficient (Wildman–Crippen LogP) is 4.95. The number of aliphatic hydroxyl groups is 2. The summed E-state index contributed by atoms with van der Waals surface area (Å²) in [6.07, 6.45) is -2.44. The van der Waals surface area contributed by atoms with Gasteiger partial charge in [0.1, 0.15) is 40.1 Å². The number of hydrazine groups is 5. The fourth-order valence-electron chi connectivity index (χ4n) is 2.36. The van der Waals surface area contributed by atoms with E-state index in [1.54, 1.807) is 90.0 Å². The topological polar surface area (TPSA) is 773 Å². The first-order valence-corrected chi connectivity index (χ1v) is 35.5. The number of amides is 8. The molecule has 0 fully saturated rings. The lowest BCUT2D eigenvalue weighted by Gasteiger charge is -2.19. The van der Waals surface area contributed by atoms with Crippen LogP contribution in [0.5, 0.6) is 0 Å². The van der Waals surface area contributed by atoms with Gasteiger partial charge in [0.05, 0.1) is 41.3 Å². The van der Waals surface area contributed by atoms with Crippen LogP contribution in [0.4, 0.5) is 14.4 Å². The van der Waals surface area contributed by atoms with Crippen molar-refractivity contribution in [2.75, 3.05) is 58.4 Å². The Morgan fingerprint density at radius 1 is 0.607 bits per heavy atom. The number of aliphatic carboxylic acids is 1. The first-order valence-electron chi connectivity index (χ1n) is 51.2. The van der Waals surface area contributed by atoms with Crippen molar-refractivity contribution in [3.63, 3.8) is 0 Å². The zero-order valence-electron chi connectivity index (χ0n) is 111. The lowest BCUT2D eigenvalue weighted by Crippen LogP contribution is -2.47. The summed E-state index contributed by atoms with van der Waals surface area (Å²) in [7, 11) is -6.36. The summed E-state index contributed by atoms with van der Waals surface area (Å²) in [6, 6.07) is 1.75. The number of aliphatic imine (C=N–C) groups is 1. The number of nitrogens with two attached hydrogens (primary N) is 3.